The van der Waals surface area contributed by atoms with Crippen LogP contribution in [0.25, 0.3) is 0 Å². The molecule has 0 aromatic heterocycles. The first-order chi connectivity index (χ1) is 7.60. The third kappa shape index (κ3) is 2.13. The maximum atomic E-state index is 11.7. The Labute approximate surface area is 98.9 Å². The van der Waals surface area contributed by atoms with Gasteiger partial charge in [-0.15, -0.1) is 0 Å². The van der Waals surface area contributed by atoms with Gasteiger partial charge in [0.2, 0.25) is 5.91 Å². The van der Waals surface area contributed by atoms with Crippen molar-refractivity contribution in [1.29, 1.82) is 0 Å². The van der Waals surface area contributed by atoms with Crippen LogP contribution >= 0.6 is 11.6 Å². The Morgan fingerprint density at radius 2 is 2.25 bits per heavy atom. The maximum absolute atomic E-state index is 11.7. The van der Waals surface area contributed by atoms with Crippen molar-refractivity contribution in [1.82, 2.24) is 0 Å². The number of hydrogen-bond acceptors (Lipinski definition) is 3. The Hall–Kier alpha value is -1.26. The molecular formula is C11H13ClN2O2. The number of ether oxygens (including phenoxy) is 1. The zero-order valence-electron chi connectivity index (χ0n) is 8.94. The Bertz CT molecular complexity index is 422. The van der Waals surface area contributed by atoms with E-state index in [9.17, 15) is 4.79 Å². The zero-order chi connectivity index (χ0) is 11.7. The highest BCUT2D eigenvalue weighted by Gasteiger charge is 2.28. The van der Waals surface area contributed by atoms with Crippen molar-refractivity contribution in [2.75, 3.05) is 18.6 Å². The SMILES string of the molecule is COc1cc(Cl)cc(N2CC(N)CC2=O)c1. The summed E-state index contributed by atoms with van der Waals surface area (Å²) in [4.78, 5) is 13.3. The highest BCUT2D eigenvalue weighted by Crippen LogP contribution is 2.29. The van der Waals surface area contributed by atoms with Crippen molar-refractivity contribution in [3.05, 3.63) is 23.2 Å². The molecule has 0 saturated carbocycles. The van der Waals surface area contributed by atoms with E-state index in [1.165, 1.54) is 0 Å². The van der Waals surface area contributed by atoms with Crippen molar-refractivity contribution in [3.63, 3.8) is 0 Å². The van der Waals surface area contributed by atoms with Gasteiger partial charge in [0.1, 0.15) is 5.75 Å². The lowest BCUT2D eigenvalue weighted by molar-refractivity contribution is -0.117. The highest BCUT2D eigenvalue weighted by atomic mass is 35.5. The molecular weight excluding hydrogens is 228 g/mol. The Morgan fingerprint density at radius 3 is 2.81 bits per heavy atom. The third-order valence-electron chi connectivity index (χ3n) is 2.56. The molecule has 1 heterocycles. The summed E-state index contributed by atoms with van der Waals surface area (Å²) in [7, 11) is 1.56. The van der Waals surface area contributed by atoms with Gasteiger partial charge >= 0.3 is 0 Å². The van der Waals surface area contributed by atoms with Crippen LogP contribution in [-0.2, 0) is 4.79 Å². The lowest BCUT2D eigenvalue weighted by Gasteiger charge is -2.17. The molecule has 0 aliphatic carbocycles. The van der Waals surface area contributed by atoms with Gasteiger partial charge in [-0.2, -0.15) is 0 Å². The van der Waals surface area contributed by atoms with Crippen LogP contribution in [0.5, 0.6) is 5.75 Å². The molecule has 2 N–H and O–H groups in total. The molecule has 1 saturated heterocycles. The van der Waals surface area contributed by atoms with Crippen molar-refractivity contribution in [3.8, 4) is 5.75 Å². The van der Waals surface area contributed by atoms with Crippen LogP contribution in [0.3, 0.4) is 0 Å². The van der Waals surface area contributed by atoms with Gasteiger partial charge < -0.3 is 15.4 Å². The highest BCUT2D eigenvalue weighted by molar-refractivity contribution is 6.31. The van der Waals surface area contributed by atoms with Crippen LogP contribution in [0, 0.1) is 0 Å². The van der Waals surface area contributed by atoms with Crippen molar-refractivity contribution < 1.29 is 9.53 Å². The number of methoxy groups -OCH3 is 1. The molecule has 1 aromatic carbocycles. The van der Waals surface area contributed by atoms with Crippen LogP contribution in [0.15, 0.2) is 18.2 Å². The van der Waals surface area contributed by atoms with E-state index in [1.54, 1.807) is 30.2 Å². The number of amides is 1. The van der Waals surface area contributed by atoms with E-state index in [4.69, 9.17) is 22.1 Å². The molecule has 1 atom stereocenters. The molecule has 1 aliphatic heterocycles. The van der Waals surface area contributed by atoms with Gasteiger partial charge in [-0.3, -0.25) is 4.79 Å². The molecule has 86 valence electrons. The van der Waals surface area contributed by atoms with Gasteiger partial charge in [0, 0.05) is 35.8 Å². The number of benzene rings is 1. The van der Waals surface area contributed by atoms with Crippen LogP contribution in [0.1, 0.15) is 6.42 Å². The van der Waals surface area contributed by atoms with E-state index in [-0.39, 0.29) is 11.9 Å². The number of anilines is 1. The van der Waals surface area contributed by atoms with Gasteiger partial charge in [-0.1, -0.05) is 11.6 Å². The van der Waals surface area contributed by atoms with Crippen LogP contribution in [-0.4, -0.2) is 25.6 Å². The smallest absolute Gasteiger partial charge is 0.228 e. The average molecular weight is 241 g/mol. The molecule has 1 unspecified atom stereocenters. The Kier molecular flexibility index (Phi) is 3.03. The predicted octanol–water partition coefficient (Wildman–Crippen LogP) is 1.41. The fourth-order valence-electron chi connectivity index (χ4n) is 1.81. The zero-order valence-corrected chi connectivity index (χ0v) is 9.70. The second-order valence-corrected chi connectivity index (χ2v) is 4.25. The van der Waals surface area contributed by atoms with Crippen molar-refractivity contribution >= 4 is 23.2 Å². The number of hydrogen-bond donors (Lipinski definition) is 1. The number of carbonyl (C=O) groups is 1. The molecule has 1 fully saturated rings. The van der Waals surface area contributed by atoms with Crippen molar-refractivity contribution in [2.45, 2.75) is 12.5 Å². The summed E-state index contributed by atoms with van der Waals surface area (Å²) in [6.07, 6.45) is 0.384. The predicted molar refractivity (Wildman–Crippen MR) is 62.9 cm³/mol. The van der Waals surface area contributed by atoms with E-state index in [1.807, 2.05) is 0 Å². The lowest BCUT2D eigenvalue weighted by atomic mass is 10.2. The Morgan fingerprint density at radius 1 is 1.50 bits per heavy atom. The van der Waals surface area contributed by atoms with Crippen LogP contribution < -0.4 is 15.4 Å². The maximum Gasteiger partial charge on any atom is 0.228 e. The number of rotatable bonds is 2. The fourth-order valence-corrected chi connectivity index (χ4v) is 2.03. The first kappa shape index (κ1) is 11.2. The molecule has 2 rings (SSSR count). The molecule has 5 heteroatoms. The van der Waals surface area contributed by atoms with Gasteiger partial charge in [0.05, 0.1) is 7.11 Å². The Balaban J connectivity index is 2.33. The minimum atomic E-state index is -0.0996. The monoisotopic (exact) mass is 240 g/mol. The summed E-state index contributed by atoms with van der Waals surface area (Å²) < 4.78 is 5.10. The molecule has 0 radical (unpaired) electrons. The molecule has 1 aromatic rings. The summed E-state index contributed by atoms with van der Waals surface area (Å²) in [6.45, 7) is 0.530. The van der Waals surface area contributed by atoms with E-state index >= 15 is 0 Å². The fraction of sp³-hybridized carbons (Fsp3) is 0.364. The van der Waals surface area contributed by atoms with Crippen LogP contribution in [0.2, 0.25) is 5.02 Å². The third-order valence-corrected chi connectivity index (χ3v) is 2.78. The summed E-state index contributed by atoms with van der Waals surface area (Å²) in [5.41, 5.74) is 6.47. The summed E-state index contributed by atoms with van der Waals surface area (Å²) >= 11 is 5.94. The van der Waals surface area contributed by atoms with Crippen molar-refractivity contribution in [2.24, 2.45) is 5.73 Å². The normalized spacial score (nSPS) is 20.3. The van der Waals surface area contributed by atoms with Gasteiger partial charge in [0.25, 0.3) is 0 Å². The second-order valence-electron chi connectivity index (χ2n) is 3.82. The van der Waals surface area contributed by atoms with Gasteiger partial charge in [-0.25, -0.2) is 0 Å². The minimum absolute atomic E-state index is 0.0248. The van der Waals surface area contributed by atoms with Gasteiger partial charge in [-0.05, 0) is 12.1 Å². The topological polar surface area (TPSA) is 55.6 Å². The molecule has 0 bridgehead atoms. The molecule has 1 amide bonds. The first-order valence-electron chi connectivity index (χ1n) is 5.00. The quantitative estimate of drug-likeness (QED) is 0.851. The number of carbonyl (C=O) groups excluding carboxylic acids is 1. The van der Waals surface area contributed by atoms with E-state index in [0.29, 0.717) is 23.7 Å². The largest absolute Gasteiger partial charge is 0.497 e. The average Bonchev–Trinajstić information content (AvgIpc) is 2.57. The summed E-state index contributed by atoms with van der Waals surface area (Å²) in [5, 5.41) is 0.544. The molecule has 4 nitrogen and oxygen atoms in total. The minimum Gasteiger partial charge on any atom is -0.497 e. The number of nitrogens with two attached hydrogens (primary N) is 1. The molecule has 0 spiro atoms. The van der Waals surface area contributed by atoms with Crippen LogP contribution in [0.4, 0.5) is 5.69 Å². The molecule has 1 aliphatic rings. The summed E-state index contributed by atoms with van der Waals surface area (Å²) in [5.74, 6) is 0.660. The van der Waals surface area contributed by atoms with E-state index in [2.05, 4.69) is 0 Å². The van der Waals surface area contributed by atoms with Gasteiger partial charge in [0.15, 0.2) is 0 Å². The lowest BCUT2D eigenvalue weighted by Crippen LogP contribution is -2.27. The first-order valence-corrected chi connectivity index (χ1v) is 5.38. The van der Waals surface area contributed by atoms with E-state index in [0.717, 1.165) is 5.69 Å². The number of halogens is 1. The molecule has 16 heavy (non-hydrogen) atoms. The summed E-state index contributed by atoms with van der Waals surface area (Å²) in [6, 6.07) is 5.12. The standard InChI is InChI=1S/C11H13ClN2O2/c1-16-10-3-7(12)2-9(5-10)14-6-8(13)4-11(14)15/h2-3,5,8H,4,6,13H2,1H3. The van der Waals surface area contributed by atoms with E-state index < -0.39 is 0 Å². The second kappa shape index (κ2) is 4.31. The number of nitrogens with zero attached hydrogens (tertiary/aromatic N) is 1.